The third-order valence-corrected chi connectivity index (χ3v) is 2.71. The third kappa shape index (κ3) is 3.29. The number of hydrogen-bond donors (Lipinski definition) is 1. The predicted molar refractivity (Wildman–Crippen MR) is 72.1 cm³/mol. The van der Waals surface area contributed by atoms with E-state index in [9.17, 15) is 14.9 Å². The van der Waals surface area contributed by atoms with Crippen molar-refractivity contribution < 1.29 is 19.6 Å². The van der Waals surface area contributed by atoms with Crippen LogP contribution in [0.15, 0.2) is 41.0 Å². The highest BCUT2D eigenvalue weighted by atomic mass is 79.9. The summed E-state index contributed by atoms with van der Waals surface area (Å²) in [5.74, 6) is -0.742. The van der Waals surface area contributed by atoms with Crippen LogP contribution in [-0.2, 0) is 0 Å². The fourth-order valence-electron chi connectivity index (χ4n) is 1.44. The lowest BCUT2D eigenvalue weighted by molar-refractivity contribution is -0.385. The molecule has 0 aliphatic heterocycles. The molecule has 0 aliphatic rings. The number of ether oxygens (including phenoxy) is 1. The second-order valence-corrected chi connectivity index (χ2v) is 4.60. The zero-order chi connectivity index (χ0) is 14.7. The van der Waals surface area contributed by atoms with Gasteiger partial charge in [0.25, 0.3) is 5.69 Å². The number of rotatable bonds is 4. The summed E-state index contributed by atoms with van der Waals surface area (Å²) in [6.45, 7) is 0. The zero-order valence-corrected chi connectivity index (χ0v) is 11.4. The number of nitro benzene ring substituents is 1. The van der Waals surface area contributed by atoms with Crippen LogP contribution >= 0.6 is 15.9 Å². The number of pyridine rings is 1. The van der Waals surface area contributed by atoms with Crippen molar-refractivity contribution >= 4 is 27.6 Å². The molecule has 0 spiro atoms. The van der Waals surface area contributed by atoms with Crippen molar-refractivity contribution in [3.05, 3.63) is 56.8 Å². The van der Waals surface area contributed by atoms with Gasteiger partial charge in [-0.25, -0.2) is 9.78 Å². The van der Waals surface area contributed by atoms with Crippen LogP contribution in [0.5, 0.6) is 11.5 Å². The lowest BCUT2D eigenvalue weighted by Crippen LogP contribution is -1.99. The summed E-state index contributed by atoms with van der Waals surface area (Å²) in [6.07, 6.45) is 1.28. The number of benzene rings is 1. The minimum atomic E-state index is -1.18. The monoisotopic (exact) mass is 338 g/mol. The Bertz CT molecular complexity index is 689. The fraction of sp³-hybridized carbons (Fsp3) is 0. The number of carboxylic acids is 1. The molecule has 20 heavy (non-hydrogen) atoms. The average Bonchev–Trinajstić information content (AvgIpc) is 2.38. The van der Waals surface area contributed by atoms with Crippen LogP contribution in [0.1, 0.15) is 10.5 Å². The molecule has 7 nitrogen and oxygen atoms in total. The van der Waals surface area contributed by atoms with Gasteiger partial charge in [-0.3, -0.25) is 10.1 Å². The Morgan fingerprint density at radius 2 is 2.05 bits per heavy atom. The average molecular weight is 339 g/mol. The van der Waals surface area contributed by atoms with Gasteiger partial charge in [0.1, 0.15) is 11.5 Å². The molecule has 2 rings (SSSR count). The maximum absolute atomic E-state index is 10.8. The zero-order valence-electron chi connectivity index (χ0n) is 9.82. The largest absolute Gasteiger partial charge is 0.477 e. The molecule has 1 heterocycles. The number of aromatic carboxylic acids is 1. The van der Waals surface area contributed by atoms with E-state index < -0.39 is 10.9 Å². The second kappa shape index (κ2) is 5.66. The summed E-state index contributed by atoms with van der Waals surface area (Å²) >= 11 is 3.14. The first-order chi connectivity index (χ1) is 9.45. The highest BCUT2D eigenvalue weighted by Gasteiger charge is 2.11. The number of non-ortho nitro benzene ring substituents is 1. The van der Waals surface area contributed by atoms with E-state index in [2.05, 4.69) is 20.9 Å². The maximum Gasteiger partial charge on any atom is 0.354 e. The quantitative estimate of drug-likeness (QED) is 0.678. The Labute approximate surface area is 121 Å². The van der Waals surface area contributed by atoms with Gasteiger partial charge in [-0.2, -0.15) is 0 Å². The fourth-order valence-corrected chi connectivity index (χ4v) is 1.90. The van der Waals surface area contributed by atoms with Crippen LogP contribution in [-0.4, -0.2) is 21.0 Å². The van der Waals surface area contributed by atoms with E-state index in [1.54, 1.807) is 0 Å². The van der Waals surface area contributed by atoms with E-state index in [1.165, 1.54) is 36.5 Å². The van der Waals surface area contributed by atoms with E-state index in [0.29, 0.717) is 4.47 Å². The summed E-state index contributed by atoms with van der Waals surface area (Å²) in [5.41, 5.74) is -0.311. The first-order valence-electron chi connectivity index (χ1n) is 5.28. The van der Waals surface area contributed by atoms with Crippen molar-refractivity contribution in [2.75, 3.05) is 0 Å². The summed E-state index contributed by atoms with van der Waals surface area (Å²) in [4.78, 5) is 24.6. The highest BCUT2D eigenvalue weighted by Crippen LogP contribution is 2.29. The van der Waals surface area contributed by atoms with Gasteiger partial charge in [-0.05, 0) is 12.1 Å². The van der Waals surface area contributed by atoms with Gasteiger partial charge in [-0.1, -0.05) is 15.9 Å². The summed E-state index contributed by atoms with van der Waals surface area (Å²) < 4.78 is 5.88. The standard InChI is InChI=1S/C12H7BrN2O5/c13-7-3-8(15(18)19)5-10(4-7)20-9-1-2-14-11(6-9)12(16)17/h1-6H,(H,16,17). The van der Waals surface area contributed by atoms with E-state index in [1.807, 2.05) is 0 Å². The van der Waals surface area contributed by atoms with E-state index in [0.717, 1.165) is 0 Å². The van der Waals surface area contributed by atoms with Crippen LogP contribution in [0.4, 0.5) is 5.69 Å². The van der Waals surface area contributed by atoms with Gasteiger partial charge in [0.2, 0.25) is 0 Å². The smallest absolute Gasteiger partial charge is 0.354 e. The number of nitro groups is 1. The van der Waals surface area contributed by atoms with E-state index in [-0.39, 0.29) is 22.9 Å². The molecule has 0 saturated carbocycles. The van der Waals surface area contributed by atoms with E-state index >= 15 is 0 Å². The second-order valence-electron chi connectivity index (χ2n) is 3.69. The van der Waals surface area contributed by atoms with Crippen molar-refractivity contribution in [3.8, 4) is 11.5 Å². The van der Waals surface area contributed by atoms with Crippen LogP contribution in [0.25, 0.3) is 0 Å². The summed E-state index contributed by atoms with van der Waals surface area (Å²) in [7, 11) is 0. The molecule has 102 valence electrons. The molecule has 1 aromatic heterocycles. The molecular formula is C12H7BrN2O5. The molecule has 0 saturated heterocycles. The molecule has 0 fully saturated rings. The third-order valence-electron chi connectivity index (χ3n) is 2.25. The molecular weight excluding hydrogens is 332 g/mol. The van der Waals surface area contributed by atoms with Crippen molar-refractivity contribution in [3.63, 3.8) is 0 Å². The molecule has 0 radical (unpaired) electrons. The Hall–Kier alpha value is -2.48. The highest BCUT2D eigenvalue weighted by molar-refractivity contribution is 9.10. The molecule has 1 N–H and O–H groups in total. The molecule has 8 heteroatoms. The van der Waals surface area contributed by atoms with Gasteiger partial charge in [-0.15, -0.1) is 0 Å². The Morgan fingerprint density at radius 3 is 2.70 bits per heavy atom. The molecule has 0 amide bonds. The minimum absolute atomic E-state index is 0.137. The number of nitrogens with zero attached hydrogens (tertiary/aromatic N) is 2. The van der Waals surface area contributed by atoms with Gasteiger partial charge >= 0.3 is 5.97 Å². The molecule has 1 aromatic carbocycles. The topological polar surface area (TPSA) is 103 Å². The van der Waals surface area contributed by atoms with Crippen molar-refractivity contribution in [2.24, 2.45) is 0 Å². The number of halogens is 1. The number of aromatic nitrogens is 1. The predicted octanol–water partition coefficient (Wildman–Crippen LogP) is 3.24. The Balaban J connectivity index is 2.32. The number of carboxylic acid groups (broad SMARTS) is 1. The molecule has 2 aromatic rings. The molecule has 0 aliphatic carbocycles. The Kier molecular flexibility index (Phi) is 3.94. The lowest BCUT2D eigenvalue weighted by Gasteiger charge is -2.06. The van der Waals surface area contributed by atoms with Gasteiger partial charge in [0, 0.05) is 22.8 Å². The van der Waals surface area contributed by atoms with Gasteiger partial charge < -0.3 is 9.84 Å². The minimum Gasteiger partial charge on any atom is -0.477 e. The maximum atomic E-state index is 10.8. The molecule has 0 unspecified atom stereocenters. The number of hydrogen-bond acceptors (Lipinski definition) is 5. The van der Waals surface area contributed by atoms with Crippen LogP contribution in [0.3, 0.4) is 0 Å². The van der Waals surface area contributed by atoms with Crippen molar-refractivity contribution in [1.29, 1.82) is 0 Å². The molecule has 0 atom stereocenters. The lowest BCUT2D eigenvalue weighted by atomic mass is 10.3. The molecule has 0 bridgehead atoms. The summed E-state index contributed by atoms with van der Waals surface area (Å²) in [6, 6.07) is 6.80. The van der Waals surface area contributed by atoms with Crippen LogP contribution in [0.2, 0.25) is 0 Å². The first kappa shape index (κ1) is 13.9. The Morgan fingerprint density at radius 1 is 1.30 bits per heavy atom. The normalized spacial score (nSPS) is 10.1. The van der Waals surface area contributed by atoms with Crippen LogP contribution in [0, 0.1) is 10.1 Å². The van der Waals surface area contributed by atoms with Crippen molar-refractivity contribution in [2.45, 2.75) is 0 Å². The van der Waals surface area contributed by atoms with Gasteiger partial charge in [0.05, 0.1) is 11.0 Å². The summed E-state index contributed by atoms with van der Waals surface area (Å²) in [5, 5.41) is 19.6. The first-order valence-corrected chi connectivity index (χ1v) is 6.07. The van der Waals surface area contributed by atoms with Crippen LogP contribution < -0.4 is 4.74 Å². The van der Waals surface area contributed by atoms with E-state index in [4.69, 9.17) is 9.84 Å². The van der Waals surface area contributed by atoms with Crippen molar-refractivity contribution in [1.82, 2.24) is 4.98 Å². The number of carbonyl (C=O) groups is 1. The van der Waals surface area contributed by atoms with Gasteiger partial charge in [0.15, 0.2) is 5.69 Å². The SMILES string of the molecule is O=C(O)c1cc(Oc2cc(Br)cc([N+](=O)[O-])c2)ccn1.